The Morgan fingerprint density at radius 1 is 1.47 bits per heavy atom. The third-order valence-corrected chi connectivity index (χ3v) is 3.41. The van der Waals surface area contributed by atoms with Gasteiger partial charge in [-0.25, -0.2) is 4.79 Å². The van der Waals surface area contributed by atoms with Crippen LogP contribution in [0.4, 0.5) is 4.79 Å². The zero-order chi connectivity index (χ0) is 13.5. The normalized spacial score (nSPS) is 19.7. The van der Waals surface area contributed by atoms with E-state index >= 15 is 0 Å². The first-order chi connectivity index (χ1) is 9.25. The molecule has 0 aliphatic heterocycles. The number of rotatable bonds is 4. The average molecular weight is 259 g/mol. The average Bonchev–Trinajstić information content (AvgIpc) is 2.47. The molecule has 0 radical (unpaired) electrons. The molecule has 0 aromatic carbocycles. The van der Waals surface area contributed by atoms with Crippen molar-refractivity contribution in [3.8, 4) is 0 Å². The van der Waals surface area contributed by atoms with Gasteiger partial charge in [0.15, 0.2) is 0 Å². The molecular weight excluding hydrogens is 238 g/mol. The molecule has 1 aliphatic carbocycles. The zero-order valence-corrected chi connectivity index (χ0v) is 11.3. The van der Waals surface area contributed by atoms with E-state index in [2.05, 4.69) is 27.8 Å². The Hall–Kier alpha value is -1.84. The van der Waals surface area contributed by atoms with Crippen molar-refractivity contribution in [3.05, 3.63) is 42.2 Å². The Kier molecular flexibility index (Phi) is 4.95. The van der Waals surface area contributed by atoms with Gasteiger partial charge in [-0.2, -0.15) is 0 Å². The van der Waals surface area contributed by atoms with E-state index in [0.717, 1.165) is 31.5 Å². The summed E-state index contributed by atoms with van der Waals surface area (Å²) in [7, 11) is 0. The van der Waals surface area contributed by atoms with Crippen LogP contribution in [-0.2, 0) is 0 Å². The highest BCUT2D eigenvalue weighted by molar-refractivity contribution is 5.74. The fourth-order valence-corrected chi connectivity index (χ4v) is 2.23. The van der Waals surface area contributed by atoms with Crippen LogP contribution < -0.4 is 10.6 Å². The van der Waals surface area contributed by atoms with Crippen molar-refractivity contribution in [2.24, 2.45) is 5.92 Å². The number of hydrogen-bond donors (Lipinski definition) is 2. The van der Waals surface area contributed by atoms with E-state index in [-0.39, 0.29) is 12.1 Å². The van der Waals surface area contributed by atoms with Gasteiger partial charge in [0.05, 0.1) is 11.7 Å². The molecule has 4 nitrogen and oxygen atoms in total. The number of hydrogen-bond acceptors (Lipinski definition) is 2. The third kappa shape index (κ3) is 4.39. The molecule has 2 unspecified atom stereocenters. The molecule has 1 aromatic rings. The summed E-state index contributed by atoms with van der Waals surface area (Å²) in [6.07, 6.45) is 9.49. The number of carbonyl (C=O) groups excluding carboxylic acids is 1. The lowest BCUT2D eigenvalue weighted by Crippen LogP contribution is -2.39. The predicted octanol–water partition coefficient (Wildman–Crippen LogP) is 2.80. The molecular formula is C15H21N3O. The highest BCUT2D eigenvalue weighted by Gasteiger charge is 2.13. The Balaban J connectivity index is 1.73. The molecule has 1 heterocycles. The van der Waals surface area contributed by atoms with Gasteiger partial charge in [-0.15, -0.1) is 0 Å². The Morgan fingerprint density at radius 2 is 2.37 bits per heavy atom. The summed E-state index contributed by atoms with van der Waals surface area (Å²) in [6, 6.07) is 5.51. The van der Waals surface area contributed by atoms with Gasteiger partial charge in [0.2, 0.25) is 0 Å². The van der Waals surface area contributed by atoms with Crippen LogP contribution in [0.25, 0.3) is 0 Å². The molecule has 4 heteroatoms. The third-order valence-electron chi connectivity index (χ3n) is 3.41. The topological polar surface area (TPSA) is 54.0 Å². The van der Waals surface area contributed by atoms with Crippen LogP contribution in [-0.4, -0.2) is 17.6 Å². The van der Waals surface area contributed by atoms with Crippen molar-refractivity contribution < 1.29 is 4.79 Å². The predicted molar refractivity (Wildman–Crippen MR) is 75.7 cm³/mol. The first-order valence-corrected chi connectivity index (χ1v) is 6.86. The van der Waals surface area contributed by atoms with Gasteiger partial charge in [-0.05, 0) is 44.2 Å². The van der Waals surface area contributed by atoms with E-state index in [4.69, 9.17) is 0 Å². The van der Waals surface area contributed by atoms with E-state index in [1.54, 1.807) is 6.20 Å². The molecule has 2 atom stereocenters. The summed E-state index contributed by atoms with van der Waals surface area (Å²) in [4.78, 5) is 16.0. The number of pyridine rings is 1. The van der Waals surface area contributed by atoms with E-state index in [1.807, 2.05) is 25.1 Å². The highest BCUT2D eigenvalue weighted by atomic mass is 16.2. The van der Waals surface area contributed by atoms with Gasteiger partial charge in [-0.3, -0.25) is 4.98 Å². The van der Waals surface area contributed by atoms with Gasteiger partial charge in [-0.1, -0.05) is 18.2 Å². The second-order valence-corrected chi connectivity index (χ2v) is 4.98. The molecule has 0 fully saturated rings. The summed E-state index contributed by atoms with van der Waals surface area (Å²) < 4.78 is 0. The van der Waals surface area contributed by atoms with Crippen LogP contribution in [0, 0.1) is 5.92 Å². The minimum atomic E-state index is -0.118. The van der Waals surface area contributed by atoms with Crippen molar-refractivity contribution >= 4 is 6.03 Å². The number of amides is 2. The van der Waals surface area contributed by atoms with E-state index in [0.29, 0.717) is 5.92 Å². The molecule has 2 N–H and O–H groups in total. The van der Waals surface area contributed by atoms with Crippen LogP contribution in [0.2, 0.25) is 0 Å². The largest absolute Gasteiger partial charge is 0.338 e. The Bertz CT molecular complexity index is 430. The van der Waals surface area contributed by atoms with Gasteiger partial charge in [0.25, 0.3) is 0 Å². The lowest BCUT2D eigenvalue weighted by Gasteiger charge is -2.19. The van der Waals surface area contributed by atoms with Crippen molar-refractivity contribution in [2.45, 2.75) is 32.2 Å². The first-order valence-electron chi connectivity index (χ1n) is 6.86. The van der Waals surface area contributed by atoms with Gasteiger partial charge in [0.1, 0.15) is 0 Å². The quantitative estimate of drug-likeness (QED) is 0.817. The lowest BCUT2D eigenvalue weighted by molar-refractivity contribution is 0.235. The molecule has 0 saturated carbocycles. The fourth-order valence-electron chi connectivity index (χ4n) is 2.23. The number of nitrogens with one attached hydrogen (secondary N) is 2. The molecule has 1 aromatic heterocycles. The molecule has 102 valence electrons. The summed E-state index contributed by atoms with van der Waals surface area (Å²) in [5.74, 6) is 0.570. The SMILES string of the molecule is CC(NC(=O)NCC1CC=CCC1)c1ccccn1. The molecule has 2 rings (SSSR count). The Morgan fingerprint density at radius 3 is 3.05 bits per heavy atom. The minimum Gasteiger partial charge on any atom is -0.338 e. The van der Waals surface area contributed by atoms with Crippen LogP contribution in [0.5, 0.6) is 0 Å². The van der Waals surface area contributed by atoms with Gasteiger partial charge in [0, 0.05) is 12.7 Å². The second kappa shape index (κ2) is 6.92. The van der Waals surface area contributed by atoms with Crippen LogP contribution >= 0.6 is 0 Å². The number of aromatic nitrogens is 1. The maximum atomic E-state index is 11.8. The minimum absolute atomic E-state index is 0.0764. The number of nitrogens with zero attached hydrogens (tertiary/aromatic N) is 1. The number of urea groups is 1. The monoisotopic (exact) mass is 259 g/mol. The zero-order valence-electron chi connectivity index (χ0n) is 11.3. The smallest absolute Gasteiger partial charge is 0.315 e. The second-order valence-electron chi connectivity index (χ2n) is 4.98. The maximum absolute atomic E-state index is 11.8. The van der Waals surface area contributed by atoms with Crippen LogP contribution in [0.15, 0.2) is 36.5 Å². The summed E-state index contributed by atoms with van der Waals surface area (Å²) in [5.41, 5.74) is 0.873. The standard InChI is InChI=1S/C15H21N3O/c1-12(14-9-5-6-10-16-14)18-15(19)17-11-13-7-3-2-4-8-13/h2-3,5-6,9-10,12-13H,4,7-8,11H2,1H3,(H2,17,18,19). The van der Waals surface area contributed by atoms with Gasteiger partial charge >= 0.3 is 6.03 Å². The van der Waals surface area contributed by atoms with E-state index in [9.17, 15) is 4.79 Å². The van der Waals surface area contributed by atoms with Crippen molar-refractivity contribution in [3.63, 3.8) is 0 Å². The van der Waals surface area contributed by atoms with Crippen LogP contribution in [0.1, 0.15) is 37.9 Å². The summed E-state index contributed by atoms with van der Waals surface area (Å²) >= 11 is 0. The molecule has 2 amide bonds. The van der Waals surface area contributed by atoms with Crippen molar-refractivity contribution in [1.82, 2.24) is 15.6 Å². The van der Waals surface area contributed by atoms with Crippen molar-refractivity contribution in [1.29, 1.82) is 0 Å². The molecule has 0 bridgehead atoms. The number of allylic oxidation sites excluding steroid dienone is 2. The summed E-state index contributed by atoms with van der Waals surface area (Å²) in [6.45, 7) is 2.68. The molecule has 0 spiro atoms. The Labute approximate surface area is 114 Å². The molecule has 19 heavy (non-hydrogen) atoms. The van der Waals surface area contributed by atoms with E-state index < -0.39 is 0 Å². The summed E-state index contributed by atoms with van der Waals surface area (Å²) in [5, 5.41) is 5.85. The number of carbonyl (C=O) groups is 1. The highest BCUT2D eigenvalue weighted by Crippen LogP contribution is 2.16. The lowest BCUT2D eigenvalue weighted by atomic mass is 9.94. The van der Waals surface area contributed by atoms with E-state index in [1.165, 1.54) is 0 Å². The molecule has 0 saturated heterocycles. The maximum Gasteiger partial charge on any atom is 0.315 e. The van der Waals surface area contributed by atoms with Gasteiger partial charge < -0.3 is 10.6 Å². The molecule has 1 aliphatic rings. The fraction of sp³-hybridized carbons (Fsp3) is 0.467. The van der Waals surface area contributed by atoms with Crippen LogP contribution in [0.3, 0.4) is 0 Å². The van der Waals surface area contributed by atoms with Crippen molar-refractivity contribution in [2.75, 3.05) is 6.54 Å². The first kappa shape index (κ1) is 13.6.